The summed E-state index contributed by atoms with van der Waals surface area (Å²) in [5.41, 5.74) is 6.05. The van der Waals surface area contributed by atoms with Crippen molar-refractivity contribution in [3.63, 3.8) is 0 Å². The van der Waals surface area contributed by atoms with Gasteiger partial charge < -0.3 is 18.9 Å². The van der Waals surface area contributed by atoms with Gasteiger partial charge in [-0.15, -0.1) is 0 Å². The van der Waals surface area contributed by atoms with Crippen molar-refractivity contribution in [1.82, 2.24) is 0 Å². The molecule has 0 unspecified atom stereocenters. The van der Waals surface area contributed by atoms with Gasteiger partial charge in [0.25, 0.3) is 0 Å². The molecule has 5 rings (SSSR count). The Morgan fingerprint density at radius 2 is 1.78 bits per heavy atom. The third-order valence-electron chi connectivity index (χ3n) is 6.78. The maximum atomic E-state index is 6.39. The summed E-state index contributed by atoms with van der Waals surface area (Å²) in [4.78, 5) is 0. The number of unbranched alkanes of at least 4 members (excludes halogenated alkanes) is 2. The van der Waals surface area contributed by atoms with Crippen LogP contribution < -0.4 is 18.9 Å². The van der Waals surface area contributed by atoms with Crippen LogP contribution in [0.2, 0.25) is 0 Å². The molecule has 3 aromatic rings. The Bertz CT molecular complexity index is 1320. The van der Waals surface area contributed by atoms with Crippen LogP contribution in [0.1, 0.15) is 67.9 Å². The van der Waals surface area contributed by atoms with Gasteiger partial charge in [-0.05, 0) is 74.7 Å². The molecular weight excluding hydrogens is 460 g/mol. The van der Waals surface area contributed by atoms with Gasteiger partial charge in [-0.3, -0.25) is 0 Å². The minimum atomic E-state index is -0.320. The molecule has 2 aliphatic rings. The molecule has 0 bridgehead atoms. The van der Waals surface area contributed by atoms with Crippen LogP contribution in [-0.4, -0.2) is 18.8 Å². The first-order valence-electron chi connectivity index (χ1n) is 13.3. The number of ether oxygens (including phenoxy) is 4. The number of hydrogen-bond donors (Lipinski definition) is 0. The molecule has 0 saturated carbocycles. The lowest BCUT2D eigenvalue weighted by atomic mass is 9.94. The summed E-state index contributed by atoms with van der Waals surface area (Å²) in [6.07, 6.45) is 9.78. The van der Waals surface area contributed by atoms with E-state index in [0.717, 1.165) is 62.8 Å². The average molecular weight is 497 g/mol. The van der Waals surface area contributed by atoms with Crippen LogP contribution in [0.25, 0.3) is 17.7 Å². The van der Waals surface area contributed by atoms with Gasteiger partial charge >= 0.3 is 0 Å². The van der Waals surface area contributed by atoms with Crippen LogP contribution in [0.4, 0.5) is 0 Å². The van der Waals surface area contributed by atoms with E-state index in [9.17, 15) is 0 Å². The molecule has 4 heteroatoms. The topological polar surface area (TPSA) is 36.9 Å². The first-order chi connectivity index (χ1) is 17.9. The van der Waals surface area contributed by atoms with Gasteiger partial charge in [0.15, 0.2) is 0 Å². The summed E-state index contributed by atoms with van der Waals surface area (Å²) in [7, 11) is 0. The molecule has 0 fully saturated rings. The molecule has 4 nitrogen and oxygen atoms in total. The molecule has 37 heavy (non-hydrogen) atoms. The highest BCUT2D eigenvalue weighted by molar-refractivity contribution is 5.90. The molecule has 0 radical (unpaired) electrons. The molecule has 0 aromatic heterocycles. The Labute approximate surface area is 220 Å². The highest BCUT2D eigenvalue weighted by atomic mass is 16.5. The highest BCUT2D eigenvalue weighted by Crippen LogP contribution is 2.44. The molecule has 0 atom stereocenters. The number of benzene rings is 3. The average Bonchev–Trinajstić information content (AvgIpc) is 2.90. The van der Waals surface area contributed by atoms with Crippen LogP contribution in [0.15, 0.2) is 60.7 Å². The maximum absolute atomic E-state index is 6.39. The zero-order valence-corrected chi connectivity index (χ0v) is 22.3. The van der Waals surface area contributed by atoms with Crippen molar-refractivity contribution in [1.29, 1.82) is 0 Å². The largest absolute Gasteiger partial charge is 0.493 e. The molecule has 0 spiro atoms. The molecule has 192 valence electrons. The van der Waals surface area contributed by atoms with E-state index in [-0.39, 0.29) is 5.60 Å². The maximum Gasteiger partial charge on any atom is 0.137 e. The van der Waals surface area contributed by atoms with E-state index < -0.39 is 0 Å². The highest BCUT2D eigenvalue weighted by Gasteiger charge is 2.27. The zero-order chi connectivity index (χ0) is 25.8. The summed E-state index contributed by atoms with van der Waals surface area (Å²) in [5, 5.41) is 0. The van der Waals surface area contributed by atoms with E-state index in [1.54, 1.807) is 0 Å². The minimum absolute atomic E-state index is 0.320. The Morgan fingerprint density at radius 1 is 0.946 bits per heavy atom. The SMILES string of the molecule is CCCCCOc1cc(OCc2ccccc2)c(C2=Cc3ccc4c(c3OC2)C=CC(C)(C)O4)cc1C. The second-order valence-electron chi connectivity index (χ2n) is 10.3. The van der Waals surface area contributed by atoms with Crippen molar-refractivity contribution in [2.75, 3.05) is 13.2 Å². The molecule has 0 N–H and O–H groups in total. The molecule has 3 aromatic carbocycles. The second kappa shape index (κ2) is 10.8. The van der Waals surface area contributed by atoms with Crippen molar-refractivity contribution < 1.29 is 18.9 Å². The second-order valence-corrected chi connectivity index (χ2v) is 10.3. The fourth-order valence-corrected chi connectivity index (χ4v) is 4.72. The Balaban J connectivity index is 1.47. The lowest BCUT2D eigenvalue weighted by Crippen LogP contribution is -2.27. The van der Waals surface area contributed by atoms with E-state index in [1.807, 2.05) is 30.3 Å². The van der Waals surface area contributed by atoms with Crippen molar-refractivity contribution in [3.8, 4) is 23.0 Å². The normalized spacial score (nSPS) is 15.1. The summed E-state index contributed by atoms with van der Waals surface area (Å²) >= 11 is 0. The van der Waals surface area contributed by atoms with E-state index in [0.29, 0.717) is 19.8 Å². The van der Waals surface area contributed by atoms with E-state index in [2.05, 4.69) is 70.2 Å². The predicted octanol–water partition coefficient (Wildman–Crippen LogP) is 8.26. The fourth-order valence-electron chi connectivity index (χ4n) is 4.72. The van der Waals surface area contributed by atoms with Crippen LogP contribution in [0, 0.1) is 6.92 Å². The first-order valence-corrected chi connectivity index (χ1v) is 13.3. The van der Waals surface area contributed by atoms with Gasteiger partial charge in [0.2, 0.25) is 0 Å². The van der Waals surface area contributed by atoms with E-state index in [1.165, 1.54) is 12.8 Å². The van der Waals surface area contributed by atoms with Gasteiger partial charge in [0.05, 0.1) is 12.2 Å². The van der Waals surface area contributed by atoms with Crippen molar-refractivity contribution in [2.45, 2.75) is 59.2 Å². The molecule has 2 aliphatic heterocycles. The molecular formula is C33H36O4. The molecule has 0 amide bonds. The minimum Gasteiger partial charge on any atom is -0.493 e. The summed E-state index contributed by atoms with van der Waals surface area (Å²) in [6.45, 7) is 10.1. The van der Waals surface area contributed by atoms with Crippen LogP contribution in [0.5, 0.6) is 23.0 Å². The van der Waals surface area contributed by atoms with Gasteiger partial charge in [0, 0.05) is 22.8 Å². The summed E-state index contributed by atoms with van der Waals surface area (Å²) in [6, 6.07) is 18.6. The van der Waals surface area contributed by atoms with E-state index >= 15 is 0 Å². The fraction of sp³-hybridized carbons (Fsp3) is 0.333. The standard InChI is InChI=1S/C33H36O4/c1-5-6-10-17-34-30-20-31(35-21-24-11-8-7-9-12-24)28(18-23(30)2)26-19-25-13-14-29-27(32(25)36-22-26)15-16-33(3,4)37-29/h7-9,11-16,18-20H,5-6,10,17,21-22H2,1-4H3. The van der Waals surface area contributed by atoms with Crippen molar-refractivity contribution >= 4 is 17.7 Å². The zero-order valence-electron chi connectivity index (χ0n) is 22.3. The third-order valence-corrected chi connectivity index (χ3v) is 6.78. The van der Waals surface area contributed by atoms with Gasteiger partial charge in [-0.2, -0.15) is 0 Å². The Kier molecular flexibility index (Phi) is 7.27. The molecule has 2 heterocycles. The van der Waals surface area contributed by atoms with Crippen LogP contribution in [-0.2, 0) is 6.61 Å². The lowest BCUT2D eigenvalue weighted by molar-refractivity contribution is 0.158. The van der Waals surface area contributed by atoms with Gasteiger partial charge in [-0.1, -0.05) is 50.1 Å². The van der Waals surface area contributed by atoms with Gasteiger partial charge in [-0.25, -0.2) is 0 Å². The van der Waals surface area contributed by atoms with Crippen LogP contribution >= 0.6 is 0 Å². The number of aryl methyl sites for hydroxylation is 1. The lowest BCUT2D eigenvalue weighted by Gasteiger charge is -2.30. The van der Waals surface area contributed by atoms with Gasteiger partial charge in [0.1, 0.15) is 41.8 Å². The predicted molar refractivity (Wildman–Crippen MR) is 151 cm³/mol. The Morgan fingerprint density at radius 3 is 2.59 bits per heavy atom. The molecule has 0 aliphatic carbocycles. The quantitative estimate of drug-likeness (QED) is 0.279. The monoisotopic (exact) mass is 496 g/mol. The number of hydrogen-bond acceptors (Lipinski definition) is 4. The smallest absolute Gasteiger partial charge is 0.137 e. The Hall–Kier alpha value is -3.66. The first kappa shape index (κ1) is 25.0. The number of fused-ring (bicyclic) bond motifs is 3. The summed E-state index contributed by atoms with van der Waals surface area (Å²) in [5.74, 6) is 3.41. The molecule has 0 saturated heterocycles. The van der Waals surface area contributed by atoms with Crippen LogP contribution in [0.3, 0.4) is 0 Å². The third kappa shape index (κ3) is 5.69. The van der Waals surface area contributed by atoms with Crippen molar-refractivity contribution in [3.05, 3.63) is 88.5 Å². The number of rotatable bonds is 9. The van der Waals surface area contributed by atoms with Crippen molar-refractivity contribution in [2.24, 2.45) is 0 Å². The van der Waals surface area contributed by atoms with E-state index in [4.69, 9.17) is 18.9 Å². The summed E-state index contributed by atoms with van der Waals surface area (Å²) < 4.78 is 25.0.